The van der Waals surface area contributed by atoms with E-state index < -0.39 is 5.51 Å². The summed E-state index contributed by atoms with van der Waals surface area (Å²) in [4.78, 5) is 4.03. The second kappa shape index (κ2) is 3.84. The minimum Gasteiger partial charge on any atom is -0.225 e. The molecule has 0 radical (unpaired) electrons. The van der Waals surface area contributed by atoms with E-state index in [1.807, 2.05) is 0 Å². The topological polar surface area (TPSA) is 12.9 Å². The van der Waals surface area contributed by atoms with Crippen LogP contribution in [0.3, 0.4) is 0 Å². The number of hydrogen-bond acceptors (Lipinski definition) is 3. The summed E-state index contributed by atoms with van der Waals surface area (Å²) in [6.45, 7) is 0. The van der Waals surface area contributed by atoms with Crippen molar-refractivity contribution < 1.29 is 13.2 Å². The summed E-state index contributed by atoms with van der Waals surface area (Å²) in [6, 6.07) is 4.39. The van der Waals surface area contributed by atoms with Crippen LogP contribution >= 0.6 is 34.7 Å². The standard InChI is InChI=1S/C8H3ClF3NS2/c9-7-13-5-3-4(15-8(10,11)12)1-2-6(5)14-7/h1-3H. The van der Waals surface area contributed by atoms with Crippen molar-refractivity contribution in [3.63, 3.8) is 0 Å². The van der Waals surface area contributed by atoms with Crippen LogP contribution in [-0.2, 0) is 0 Å². The number of halogens is 4. The highest BCUT2D eigenvalue weighted by Crippen LogP contribution is 2.38. The Morgan fingerprint density at radius 3 is 2.73 bits per heavy atom. The molecule has 1 aromatic heterocycles. The van der Waals surface area contributed by atoms with Crippen molar-refractivity contribution in [2.45, 2.75) is 10.4 Å². The van der Waals surface area contributed by atoms with Crippen LogP contribution < -0.4 is 0 Å². The number of nitrogens with zero attached hydrogens (tertiary/aromatic N) is 1. The molecule has 2 rings (SSSR count). The highest BCUT2D eigenvalue weighted by atomic mass is 35.5. The maximum atomic E-state index is 12.1. The number of aromatic nitrogens is 1. The lowest BCUT2D eigenvalue weighted by Crippen LogP contribution is -1.98. The third-order valence-corrected chi connectivity index (χ3v) is 3.43. The molecule has 0 saturated carbocycles. The van der Waals surface area contributed by atoms with Crippen LogP contribution in [0.1, 0.15) is 0 Å². The molecule has 15 heavy (non-hydrogen) atoms. The van der Waals surface area contributed by atoms with Crippen molar-refractivity contribution in [2.75, 3.05) is 0 Å². The first-order valence-corrected chi connectivity index (χ1v) is 5.77. The van der Waals surface area contributed by atoms with Gasteiger partial charge < -0.3 is 0 Å². The van der Waals surface area contributed by atoms with E-state index in [1.165, 1.54) is 23.5 Å². The molecule has 0 N–H and O–H groups in total. The summed E-state index contributed by atoms with van der Waals surface area (Å²) in [5.74, 6) is 0. The van der Waals surface area contributed by atoms with Gasteiger partial charge in [-0.25, -0.2) is 4.98 Å². The average molecular weight is 270 g/mol. The van der Waals surface area contributed by atoms with Crippen LogP contribution in [0.15, 0.2) is 23.1 Å². The molecule has 1 aromatic carbocycles. The van der Waals surface area contributed by atoms with Gasteiger partial charge in [0.1, 0.15) is 0 Å². The largest absolute Gasteiger partial charge is 0.446 e. The van der Waals surface area contributed by atoms with Gasteiger partial charge in [-0.3, -0.25) is 0 Å². The van der Waals surface area contributed by atoms with Gasteiger partial charge in [-0.1, -0.05) is 11.6 Å². The number of alkyl halides is 3. The zero-order valence-electron chi connectivity index (χ0n) is 7.01. The number of thioether (sulfide) groups is 1. The van der Waals surface area contributed by atoms with Crippen LogP contribution in [0.25, 0.3) is 10.2 Å². The lowest BCUT2D eigenvalue weighted by Gasteiger charge is -2.04. The van der Waals surface area contributed by atoms with Gasteiger partial charge in [-0.2, -0.15) is 13.2 Å². The number of benzene rings is 1. The third-order valence-electron chi connectivity index (χ3n) is 1.57. The molecule has 1 heterocycles. The SMILES string of the molecule is FC(F)(F)Sc1ccc2sc(Cl)nc2c1. The highest BCUT2D eigenvalue weighted by molar-refractivity contribution is 8.00. The monoisotopic (exact) mass is 269 g/mol. The van der Waals surface area contributed by atoms with E-state index in [2.05, 4.69) is 4.98 Å². The predicted molar refractivity (Wildman–Crippen MR) is 56.5 cm³/mol. The van der Waals surface area contributed by atoms with Crippen molar-refractivity contribution in [2.24, 2.45) is 0 Å². The van der Waals surface area contributed by atoms with E-state index in [1.54, 1.807) is 6.07 Å². The van der Waals surface area contributed by atoms with E-state index in [4.69, 9.17) is 11.6 Å². The number of hydrogen-bond donors (Lipinski definition) is 0. The molecule has 80 valence electrons. The van der Waals surface area contributed by atoms with Gasteiger partial charge in [0.2, 0.25) is 0 Å². The van der Waals surface area contributed by atoms with Crippen LogP contribution in [0.4, 0.5) is 13.2 Å². The number of thiazole rings is 1. The maximum Gasteiger partial charge on any atom is 0.446 e. The molecule has 0 saturated heterocycles. The van der Waals surface area contributed by atoms with Gasteiger partial charge >= 0.3 is 5.51 Å². The van der Waals surface area contributed by atoms with Gasteiger partial charge in [-0.15, -0.1) is 11.3 Å². The van der Waals surface area contributed by atoms with E-state index in [0.29, 0.717) is 9.98 Å². The third kappa shape index (κ3) is 2.76. The van der Waals surface area contributed by atoms with Crippen LogP contribution in [0, 0.1) is 0 Å². The predicted octanol–water partition coefficient (Wildman–Crippen LogP) is 4.56. The van der Waals surface area contributed by atoms with Crippen molar-refractivity contribution in [3.8, 4) is 0 Å². The lowest BCUT2D eigenvalue weighted by atomic mass is 10.3. The summed E-state index contributed by atoms with van der Waals surface area (Å²) >= 11 is 6.74. The molecule has 0 bridgehead atoms. The zero-order chi connectivity index (χ0) is 11.1. The molecule has 7 heteroatoms. The fraction of sp³-hybridized carbons (Fsp3) is 0.125. The molecule has 0 spiro atoms. The molecule has 0 fully saturated rings. The summed E-state index contributed by atoms with van der Waals surface area (Å²) in [6.07, 6.45) is 0. The summed E-state index contributed by atoms with van der Waals surface area (Å²) < 4.78 is 37.3. The lowest BCUT2D eigenvalue weighted by molar-refractivity contribution is -0.0328. The quantitative estimate of drug-likeness (QED) is 0.704. The minimum absolute atomic E-state index is 0.122. The van der Waals surface area contributed by atoms with Crippen molar-refractivity contribution in [1.82, 2.24) is 4.98 Å². The van der Waals surface area contributed by atoms with Gasteiger partial charge in [0.15, 0.2) is 4.47 Å². The van der Waals surface area contributed by atoms with Gasteiger partial charge in [0.25, 0.3) is 0 Å². The normalized spacial score (nSPS) is 12.3. The average Bonchev–Trinajstić information content (AvgIpc) is 2.40. The summed E-state index contributed by atoms with van der Waals surface area (Å²) in [7, 11) is 0. The van der Waals surface area contributed by atoms with Crippen molar-refractivity contribution in [1.29, 1.82) is 0 Å². The van der Waals surface area contributed by atoms with Crippen LogP contribution in [0.5, 0.6) is 0 Å². The molecule has 0 aliphatic carbocycles. The second-order valence-electron chi connectivity index (χ2n) is 2.64. The van der Waals surface area contributed by atoms with Gasteiger partial charge in [0, 0.05) is 4.90 Å². The van der Waals surface area contributed by atoms with Crippen molar-refractivity contribution in [3.05, 3.63) is 22.7 Å². The number of rotatable bonds is 1. The Labute approximate surface area is 96.3 Å². The first-order chi connectivity index (χ1) is 6.94. The van der Waals surface area contributed by atoms with Crippen molar-refractivity contribution >= 4 is 44.9 Å². The van der Waals surface area contributed by atoms with Gasteiger partial charge in [-0.05, 0) is 30.0 Å². The fourth-order valence-corrected chi connectivity index (χ4v) is 2.66. The first-order valence-electron chi connectivity index (χ1n) is 3.76. The minimum atomic E-state index is -4.27. The molecule has 0 aliphatic rings. The molecule has 2 aromatic rings. The molecule has 0 amide bonds. The summed E-state index contributed by atoms with van der Waals surface area (Å²) in [5, 5.41) is 0. The molecule has 0 aliphatic heterocycles. The van der Waals surface area contributed by atoms with E-state index in [9.17, 15) is 13.2 Å². The van der Waals surface area contributed by atoms with E-state index >= 15 is 0 Å². The Hall–Kier alpha value is -0.460. The Kier molecular flexibility index (Phi) is 2.83. The second-order valence-corrected chi connectivity index (χ2v) is 5.40. The first kappa shape index (κ1) is 11.0. The molecule has 0 unspecified atom stereocenters. The Bertz CT molecular complexity index is 494. The van der Waals surface area contributed by atoms with E-state index in [-0.39, 0.29) is 16.7 Å². The molecule has 1 nitrogen and oxygen atoms in total. The van der Waals surface area contributed by atoms with Crippen LogP contribution in [0.2, 0.25) is 4.47 Å². The number of fused-ring (bicyclic) bond motifs is 1. The zero-order valence-corrected chi connectivity index (χ0v) is 9.40. The van der Waals surface area contributed by atoms with Crippen LogP contribution in [-0.4, -0.2) is 10.5 Å². The Morgan fingerprint density at radius 1 is 1.33 bits per heavy atom. The smallest absolute Gasteiger partial charge is 0.225 e. The van der Waals surface area contributed by atoms with E-state index in [0.717, 1.165) is 4.70 Å². The molecule has 0 atom stereocenters. The summed E-state index contributed by atoms with van der Waals surface area (Å²) in [5.41, 5.74) is -3.77. The highest BCUT2D eigenvalue weighted by Gasteiger charge is 2.29. The Balaban J connectivity index is 2.38. The molecular weight excluding hydrogens is 267 g/mol. The van der Waals surface area contributed by atoms with Gasteiger partial charge in [0.05, 0.1) is 10.2 Å². The maximum absolute atomic E-state index is 12.1. The molecular formula is C8H3ClF3NS2. The fourth-order valence-electron chi connectivity index (χ4n) is 1.08. The Morgan fingerprint density at radius 2 is 2.07 bits per heavy atom.